The molecule has 0 fully saturated rings. The van der Waals surface area contributed by atoms with Crippen molar-refractivity contribution in [1.82, 2.24) is 0 Å². The monoisotopic (exact) mass is 210 g/mol. The Balaban J connectivity index is 2.98. The Morgan fingerprint density at radius 1 is 1.45 bits per heavy atom. The van der Waals surface area contributed by atoms with Gasteiger partial charge in [0.15, 0.2) is 0 Å². The average molecular weight is 211 g/mol. The molecule has 0 aliphatic heterocycles. The van der Waals surface area contributed by atoms with Crippen LogP contribution in [0, 0.1) is 6.92 Å². The van der Waals surface area contributed by atoms with Gasteiger partial charge in [-0.3, -0.25) is 0 Å². The zero-order chi connectivity index (χ0) is 8.27. The molecule has 0 nitrogen and oxygen atoms in total. The molecule has 58 valence electrons. The maximum atomic E-state index is 3.70. The van der Waals surface area contributed by atoms with Crippen molar-refractivity contribution in [2.24, 2.45) is 0 Å². The van der Waals surface area contributed by atoms with Crippen LogP contribution in [0.15, 0.2) is 35.3 Å². The second-order valence-electron chi connectivity index (χ2n) is 2.63. The van der Waals surface area contributed by atoms with Crippen LogP contribution in [-0.4, -0.2) is 0 Å². The summed E-state index contributed by atoms with van der Waals surface area (Å²) in [6.07, 6.45) is 2.86. The summed E-state index contributed by atoms with van der Waals surface area (Å²) >= 11 is 3.45. The van der Waals surface area contributed by atoms with Crippen LogP contribution in [0.3, 0.4) is 0 Å². The minimum absolute atomic E-state index is 0.945. The third kappa shape index (κ3) is 2.51. The Labute approximate surface area is 76.1 Å². The zero-order valence-corrected chi connectivity index (χ0v) is 8.19. The molecule has 11 heavy (non-hydrogen) atoms. The quantitative estimate of drug-likeness (QED) is 0.657. The smallest absolute Gasteiger partial charge is 0.0180 e. The fraction of sp³-hybridized carbons (Fsp3) is 0.200. The van der Waals surface area contributed by atoms with Crippen LogP contribution < -0.4 is 0 Å². The van der Waals surface area contributed by atoms with E-state index in [1.165, 1.54) is 11.1 Å². The largest absolute Gasteiger partial charge is 0.103 e. The van der Waals surface area contributed by atoms with Crippen molar-refractivity contribution in [3.63, 3.8) is 0 Å². The van der Waals surface area contributed by atoms with Crippen LogP contribution in [-0.2, 0) is 6.42 Å². The average Bonchev–Trinajstić information content (AvgIpc) is 1.85. The Morgan fingerprint density at radius 3 is 2.73 bits per heavy atom. The Kier molecular flexibility index (Phi) is 2.89. The molecule has 0 aromatic heterocycles. The first-order chi connectivity index (χ1) is 5.22. The summed E-state index contributed by atoms with van der Waals surface area (Å²) in [7, 11) is 0. The van der Waals surface area contributed by atoms with E-state index in [1.807, 2.05) is 6.08 Å². The van der Waals surface area contributed by atoms with E-state index >= 15 is 0 Å². The van der Waals surface area contributed by atoms with Gasteiger partial charge in [-0.2, -0.15) is 0 Å². The van der Waals surface area contributed by atoms with Crippen LogP contribution in [0.25, 0.3) is 0 Å². The number of halogens is 1. The summed E-state index contributed by atoms with van der Waals surface area (Å²) in [6.45, 7) is 5.79. The van der Waals surface area contributed by atoms with Crippen LogP contribution in [0.4, 0.5) is 0 Å². The highest BCUT2D eigenvalue weighted by Gasteiger charge is 1.93. The van der Waals surface area contributed by atoms with Gasteiger partial charge < -0.3 is 0 Å². The van der Waals surface area contributed by atoms with E-state index in [1.54, 1.807) is 0 Å². The topological polar surface area (TPSA) is 0 Å². The highest BCUT2D eigenvalue weighted by molar-refractivity contribution is 9.10. The highest BCUT2D eigenvalue weighted by Crippen LogP contribution is 2.15. The minimum atomic E-state index is 0.945. The number of benzene rings is 1. The molecule has 0 atom stereocenters. The van der Waals surface area contributed by atoms with E-state index in [2.05, 4.69) is 47.6 Å². The summed E-state index contributed by atoms with van der Waals surface area (Å²) in [5.41, 5.74) is 2.60. The summed E-state index contributed by atoms with van der Waals surface area (Å²) in [5.74, 6) is 0. The van der Waals surface area contributed by atoms with Crippen molar-refractivity contribution in [3.8, 4) is 0 Å². The Hall–Kier alpha value is -0.560. The predicted molar refractivity (Wildman–Crippen MR) is 52.8 cm³/mol. The number of aryl methyl sites for hydroxylation is 1. The van der Waals surface area contributed by atoms with Gasteiger partial charge in [-0.05, 0) is 36.6 Å². The maximum absolute atomic E-state index is 3.70. The summed E-state index contributed by atoms with van der Waals surface area (Å²) in [4.78, 5) is 0. The predicted octanol–water partition coefficient (Wildman–Crippen LogP) is 3.49. The fourth-order valence-corrected chi connectivity index (χ4v) is 1.75. The van der Waals surface area contributed by atoms with E-state index < -0.39 is 0 Å². The third-order valence-corrected chi connectivity index (χ3v) is 1.94. The van der Waals surface area contributed by atoms with Crippen LogP contribution in [0.1, 0.15) is 11.1 Å². The Morgan fingerprint density at radius 2 is 2.18 bits per heavy atom. The van der Waals surface area contributed by atoms with Gasteiger partial charge in [-0.25, -0.2) is 0 Å². The number of hydrogen-bond donors (Lipinski definition) is 0. The van der Waals surface area contributed by atoms with Crippen molar-refractivity contribution in [1.29, 1.82) is 0 Å². The van der Waals surface area contributed by atoms with Crippen LogP contribution in [0.2, 0.25) is 0 Å². The molecule has 0 unspecified atom stereocenters. The molecule has 0 amide bonds. The molecule has 0 radical (unpaired) electrons. The summed E-state index contributed by atoms with van der Waals surface area (Å²) in [5, 5.41) is 0. The van der Waals surface area contributed by atoms with E-state index in [-0.39, 0.29) is 0 Å². The molecule has 0 saturated carbocycles. The van der Waals surface area contributed by atoms with E-state index in [0.717, 1.165) is 10.9 Å². The zero-order valence-electron chi connectivity index (χ0n) is 6.60. The lowest BCUT2D eigenvalue weighted by Crippen LogP contribution is -1.82. The molecule has 1 aromatic rings. The normalized spacial score (nSPS) is 9.64. The first kappa shape index (κ1) is 8.54. The van der Waals surface area contributed by atoms with Crippen molar-refractivity contribution >= 4 is 15.9 Å². The van der Waals surface area contributed by atoms with E-state index in [9.17, 15) is 0 Å². The first-order valence-corrected chi connectivity index (χ1v) is 4.38. The SMILES string of the molecule is C=CCc1cc(C)cc(Br)c1. The fourth-order valence-electron chi connectivity index (χ4n) is 1.10. The van der Waals surface area contributed by atoms with Crippen molar-refractivity contribution < 1.29 is 0 Å². The molecule has 1 aromatic carbocycles. The molecule has 0 aliphatic rings. The second-order valence-corrected chi connectivity index (χ2v) is 3.55. The van der Waals surface area contributed by atoms with Gasteiger partial charge in [0.1, 0.15) is 0 Å². The minimum Gasteiger partial charge on any atom is -0.103 e. The summed E-state index contributed by atoms with van der Waals surface area (Å²) < 4.78 is 1.15. The van der Waals surface area contributed by atoms with Crippen molar-refractivity contribution in [3.05, 3.63) is 46.5 Å². The van der Waals surface area contributed by atoms with Gasteiger partial charge in [-0.1, -0.05) is 28.1 Å². The van der Waals surface area contributed by atoms with Crippen molar-refractivity contribution in [2.75, 3.05) is 0 Å². The third-order valence-electron chi connectivity index (χ3n) is 1.48. The second kappa shape index (κ2) is 3.72. The molecular formula is C10H11Br. The molecule has 0 N–H and O–H groups in total. The lowest BCUT2D eigenvalue weighted by Gasteiger charge is -1.99. The Bertz CT molecular complexity index is 243. The molecule has 0 aliphatic carbocycles. The maximum Gasteiger partial charge on any atom is 0.0180 e. The molecule has 0 spiro atoms. The molecule has 0 saturated heterocycles. The van der Waals surface area contributed by atoms with Crippen LogP contribution in [0.5, 0.6) is 0 Å². The molecule has 1 heteroatoms. The first-order valence-electron chi connectivity index (χ1n) is 3.59. The molecular weight excluding hydrogens is 200 g/mol. The van der Waals surface area contributed by atoms with Gasteiger partial charge in [-0.15, -0.1) is 6.58 Å². The van der Waals surface area contributed by atoms with E-state index in [4.69, 9.17) is 0 Å². The lowest BCUT2D eigenvalue weighted by molar-refractivity contribution is 1.25. The molecule has 0 bridgehead atoms. The van der Waals surface area contributed by atoms with E-state index in [0.29, 0.717) is 0 Å². The number of rotatable bonds is 2. The van der Waals surface area contributed by atoms with Gasteiger partial charge >= 0.3 is 0 Å². The van der Waals surface area contributed by atoms with Gasteiger partial charge in [0.25, 0.3) is 0 Å². The van der Waals surface area contributed by atoms with Crippen molar-refractivity contribution in [2.45, 2.75) is 13.3 Å². The number of hydrogen-bond acceptors (Lipinski definition) is 0. The van der Waals surface area contributed by atoms with Gasteiger partial charge in [0.2, 0.25) is 0 Å². The molecule has 0 heterocycles. The van der Waals surface area contributed by atoms with Crippen LogP contribution >= 0.6 is 15.9 Å². The lowest BCUT2D eigenvalue weighted by atomic mass is 10.1. The highest BCUT2D eigenvalue weighted by atomic mass is 79.9. The number of allylic oxidation sites excluding steroid dienone is 1. The molecule has 1 rings (SSSR count). The summed E-state index contributed by atoms with van der Waals surface area (Å²) in [6, 6.07) is 6.40. The van der Waals surface area contributed by atoms with Gasteiger partial charge in [0, 0.05) is 4.47 Å². The standard InChI is InChI=1S/C10H11Br/c1-3-4-9-5-8(2)6-10(11)7-9/h3,5-7H,1,4H2,2H3. The van der Waals surface area contributed by atoms with Gasteiger partial charge in [0.05, 0.1) is 0 Å².